The molecule has 0 saturated carbocycles. The second kappa shape index (κ2) is 8.60. The van der Waals surface area contributed by atoms with Gasteiger partial charge in [0.1, 0.15) is 15.7 Å². The normalized spacial score (nSPS) is 16.9. The molecule has 0 unspecified atom stereocenters. The van der Waals surface area contributed by atoms with Crippen LogP contribution in [-0.2, 0) is 7.05 Å². The molecule has 31 heavy (non-hydrogen) atoms. The maximum absolute atomic E-state index is 14.1. The minimum atomic E-state index is -1.03. The standard InChI is InChI=1S/C20H23F2N7OS/c1-28-20(29-8-3-4-11(23)7-9-29)14(10-25-28)26-18(30)16-17(24)31-19(27-16)12-5-2-6-13(21)15(12)22/h2,5-6,10-11H,3-4,7-9,23-24H2,1H3,(H,26,30)/t11-/m1/s1. The third-order valence-corrected chi connectivity index (χ3v) is 6.20. The zero-order valence-electron chi connectivity index (χ0n) is 16.9. The van der Waals surface area contributed by atoms with Gasteiger partial charge in [-0.1, -0.05) is 17.4 Å². The number of nitrogens with one attached hydrogen (secondary N) is 1. The predicted molar refractivity (Wildman–Crippen MR) is 117 cm³/mol. The highest BCUT2D eigenvalue weighted by atomic mass is 32.1. The van der Waals surface area contributed by atoms with Gasteiger partial charge in [0.25, 0.3) is 5.91 Å². The van der Waals surface area contributed by atoms with Gasteiger partial charge in [-0.15, -0.1) is 0 Å². The zero-order chi connectivity index (χ0) is 22.1. The third kappa shape index (κ3) is 4.23. The number of nitrogens with two attached hydrogens (primary N) is 2. The van der Waals surface area contributed by atoms with Crippen LogP contribution in [0.3, 0.4) is 0 Å². The quantitative estimate of drug-likeness (QED) is 0.566. The van der Waals surface area contributed by atoms with E-state index in [1.165, 1.54) is 12.1 Å². The number of halogens is 2. The van der Waals surface area contributed by atoms with Gasteiger partial charge in [0.2, 0.25) is 0 Å². The first-order valence-corrected chi connectivity index (χ1v) is 10.7. The Bertz CT molecular complexity index is 1110. The number of hydrogen-bond donors (Lipinski definition) is 3. The van der Waals surface area contributed by atoms with Crippen molar-refractivity contribution in [2.75, 3.05) is 29.0 Å². The Labute approximate surface area is 181 Å². The second-order valence-corrected chi connectivity index (χ2v) is 8.50. The van der Waals surface area contributed by atoms with E-state index >= 15 is 0 Å². The minimum Gasteiger partial charge on any atom is -0.389 e. The second-order valence-electron chi connectivity index (χ2n) is 7.47. The zero-order valence-corrected chi connectivity index (χ0v) is 17.8. The number of rotatable bonds is 4. The number of aryl methyl sites for hydroxylation is 1. The van der Waals surface area contributed by atoms with Crippen LogP contribution in [0.15, 0.2) is 24.4 Å². The van der Waals surface area contributed by atoms with Crippen molar-refractivity contribution in [2.45, 2.75) is 25.3 Å². The van der Waals surface area contributed by atoms with Crippen LogP contribution in [0.5, 0.6) is 0 Å². The van der Waals surface area contributed by atoms with Gasteiger partial charge >= 0.3 is 0 Å². The van der Waals surface area contributed by atoms with E-state index in [0.717, 1.165) is 55.6 Å². The van der Waals surface area contributed by atoms with Crippen LogP contribution in [0.2, 0.25) is 0 Å². The van der Waals surface area contributed by atoms with Gasteiger partial charge in [-0.3, -0.25) is 9.48 Å². The Morgan fingerprint density at radius 2 is 2.10 bits per heavy atom. The van der Waals surface area contributed by atoms with Gasteiger partial charge in [0.05, 0.1) is 6.20 Å². The average molecular weight is 448 g/mol. The smallest absolute Gasteiger partial charge is 0.277 e. The minimum absolute atomic E-state index is 0.0428. The third-order valence-electron chi connectivity index (χ3n) is 5.28. The molecule has 0 bridgehead atoms. The fourth-order valence-electron chi connectivity index (χ4n) is 3.69. The number of nitrogens with zero attached hydrogens (tertiary/aromatic N) is 4. The van der Waals surface area contributed by atoms with Crippen LogP contribution in [0.25, 0.3) is 10.6 Å². The monoisotopic (exact) mass is 447 g/mol. The lowest BCUT2D eigenvalue weighted by atomic mass is 10.1. The summed E-state index contributed by atoms with van der Waals surface area (Å²) in [6.45, 7) is 1.56. The Morgan fingerprint density at radius 1 is 1.29 bits per heavy atom. The number of aromatic nitrogens is 3. The van der Waals surface area contributed by atoms with Gasteiger partial charge in [-0.2, -0.15) is 5.10 Å². The summed E-state index contributed by atoms with van der Waals surface area (Å²) in [5.41, 5.74) is 12.5. The molecule has 1 amide bonds. The summed E-state index contributed by atoms with van der Waals surface area (Å²) in [4.78, 5) is 19.2. The Morgan fingerprint density at radius 3 is 2.90 bits per heavy atom. The summed E-state index contributed by atoms with van der Waals surface area (Å²) in [5.74, 6) is -1.79. The molecule has 1 aromatic carbocycles. The molecule has 0 aliphatic carbocycles. The summed E-state index contributed by atoms with van der Waals surface area (Å²) < 4.78 is 29.4. The fraction of sp³-hybridized carbons (Fsp3) is 0.350. The maximum atomic E-state index is 14.1. The van der Waals surface area contributed by atoms with Gasteiger partial charge in [0.15, 0.2) is 23.1 Å². The molecule has 2 aromatic heterocycles. The van der Waals surface area contributed by atoms with E-state index in [-0.39, 0.29) is 27.3 Å². The van der Waals surface area contributed by atoms with Gasteiger partial charge < -0.3 is 21.7 Å². The highest BCUT2D eigenvalue weighted by Gasteiger charge is 2.24. The lowest BCUT2D eigenvalue weighted by Gasteiger charge is -2.24. The van der Waals surface area contributed by atoms with E-state index < -0.39 is 17.5 Å². The van der Waals surface area contributed by atoms with Crippen LogP contribution in [0.4, 0.5) is 25.3 Å². The Kier molecular flexibility index (Phi) is 5.88. The summed E-state index contributed by atoms with van der Waals surface area (Å²) in [6.07, 6.45) is 4.31. The van der Waals surface area contributed by atoms with E-state index in [2.05, 4.69) is 20.3 Å². The highest BCUT2D eigenvalue weighted by molar-refractivity contribution is 7.19. The molecule has 5 N–H and O–H groups in total. The first-order valence-electron chi connectivity index (χ1n) is 9.89. The number of nitrogen functional groups attached to an aromatic ring is 1. The number of thiazole rings is 1. The highest BCUT2D eigenvalue weighted by Crippen LogP contribution is 2.33. The first kappa shape index (κ1) is 21.2. The van der Waals surface area contributed by atoms with Crippen molar-refractivity contribution in [1.82, 2.24) is 14.8 Å². The van der Waals surface area contributed by atoms with Gasteiger partial charge in [0, 0.05) is 31.7 Å². The largest absolute Gasteiger partial charge is 0.389 e. The van der Waals surface area contributed by atoms with Crippen molar-refractivity contribution in [3.8, 4) is 10.6 Å². The summed E-state index contributed by atoms with van der Waals surface area (Å²) in [7, 11) is 1.80. The molecule has 8 nitrogen and oxygen atoms in total. The van der Waals surface area contributed by atoms with E-state index in [1.807, 2.05) is 0 Å². The molecule has 11 heteroatoms. The lowest BCUT2D eigenvalue weighted by molar-refractivity contribution is 0.102. The molecule has 1 aliphatic rings. The molecular weight excluding hydrogens is 424 g/mol. The molecule has 1 aliphatic heterocycles. The topological polar surface area (TPSA) is 115 Å². The van der Waals surface area contributed by atoms with E-state index in [0.29, 0.717) is 5.69 Å². The molecule has 1 fully saturated rings. The lowest BCUT2D eigenvalue weighted by Crippen LogP contribution is -2.29. The number of anilines is 3. The molecule has 3 heterocycles. The molecule has 164 valence electrons. The van der Waals surface area contributed by atoms with Crippen LogP contribution in [0.1, 0.15) is 29.8 Å². The molecule has 0 radical (unpaired) electrons. The fourth-order valence-corrected chi connectivity index (χ4v) is 4.54. The van der Waals surface area contributed by atoms with Gasteiger partial charge in [-0.25, -0.2) is 13.8 Å². The summed E-state index contributed by atoms with van der Waals surface area (Å²) >= 11 is 0.924. The SMILES string of the molecule is Cn1ncc(NC(=O)c2nc(-c3cccc(F)c3F)sc2N)c1N1CCC[C@@H](N)CC1. The van der Waals surface area contributed by atoms with Crippen LogP contribution < -0.4 is 21.7 Å². The molecule has 1 atom stereocenters. The van der Waals surface area contributed by atoms with Crippen molar-refractivity contribution < 1.29 is 13.6 Å². The summed E-state index contributed by atoms with van der Waals surface area (Å²) in [6, 6.07) is 3.94. The van der Waals surface area contributed by atoms with Crippen LogP contribution >= 0.6 is 11.3 Å². The maximum Gasteiger partial charge on any atom is 0.277 e. The molecule has 3 aromatic rings. The van der Waals surface area contributed by atoms with Gasteiger partial charge in [-0.05, 0) is 31.4 Å². The van der Waals surface area contributed by atoms with E-state index in [4.69, 9.17) is 11.5 Å². The van der Waals surface area contributed by atoms with Crippen molar-refractivity contribution in [3.05, 3.63) is 41.7 Å². The van der Waals surface area contributed by atoms with E-state index in [9.17, 15) is 13.6 Å². The summed E-state index contributed by atoms with van der Waals surface area (Å²) in [5, 5.41) is 7.33. The molecule has 1 saturated heterocycles. The predicted octanol–water partition coefficient (Wildman–Crippen LogP) is 2.97. The van der Waals surface area contributed by atoms with Crippen LogP contribution in [-0.4, -0.2) is 39.8 Å². The Balaban J connectivity index is 1.59. The van der Waals surface area contributed by atoms with Crippen molar-refractivity contribution in [3.63, 3.8) is 0 Å². The number of amides is 1. The average Bonchev–Trinajstić information content (AvgIpc) is 3.21. The van der Waals surface area contributed by atoms with E-state index in [1.54, 1.807) is 17.9 Å². The number of hydrogen-bond acceptors (Lipinski definition) is 7. The number of benzene rings is 1. The van der Waals surface area contributed by atoms with Crippen molar-refractivity contribution in [1.29, 1.82) is 0 Å². The molecular formula is C20H23F2N7OS. The van der Waals surface area contributed by atoms with Crippen LogP contribution in [0, 0.1) is 11.6 Å². The molecule has 0 spiro atoms. The van der Waals surface area contributed by atoms with Crippen molar-refractivity contribution >= 4 is 33.8 Å². The Hall–Kier alpha value is -3.05. The molecule has 4 rings (SSSR count). The number of carbonyl (C=O) groups excluding carboxylic acids is 1. The number of carbonyl (C=O) groups is 1. The first-order chi connectivity index (χ1) is 14.8. The van der Waals surface area contributed by atoms with Crippen molar-refractivity contribution in [2.24, 2.45) is 12.8 Å².